The SMILES string of the molecule is Cc1cc(NC(=O)N2Cc3c(nn4c3C(=O)N(C)OC(CNCC(F)F)C4)C[C@H]2C)ccc1F. The number of aryl methyl sites for hydroxylation is 1. The molecule has 3 amide bonds. The molecular weight excluding hydrogens is 453 g/mol. The van der Waals surface area contributed by atoms with Crippen molar-refractivity contribution in [1.82, 2.24) is 25.1 Å². The van der Waals surface area contributed by atoms with Crippen LogP contribution >= 0.6 is 0 Å². The number of nitrogens with one attached hydrogen (secondary N) is 2. The van der Waals surface area contributed by atoms with Crippen LogP contribution in [0.15, 0.2) is 18.2 Å². The van der Waals surface area contributed by atoms with Crippen LogP contribution in [-0.2, 0) is 24.3 Å². The summed E-state index contributed by atoms with van der Waals surface area (Å²) in [6.07, 6.45) is -2.62. The van der Waals surface area contributed by atoms with Gasteiger partial charge in [-0.05, 0) is 37.6 Å². The van der Waals surface area contributed by atoms with Gasteiger partial charge in [0.05, 0.1) is 25.3 Å². The molecule has 1 aromatic carbocycles. The molecular formula is C22H27F3N6O3. The van der Waals surface area contributed by atoms with Crippen molar-refractivity contribution in [2.45, 2.75) is 51.9 Å². The van der Waals surface area contributed by atoms with E-state index in [2.05, 4.69) is 15.7 Å². The zero-order valence-corrected chi connectivity index (χ0v) is 19.1. The Labute approximate surface area is 194 Å². The van der Waals surface area contributed by atoms with Gasteiger partial charge in [0.2, 0.25) is 0 Å². The van der Waals surface area contributed by atoms with Crippen molar-refractivity contribution in [3.8, 4) is 0 Å². The number of hydroxylamine groups is 2. The number of urea groups is 1. The van der Waals surface area contributed by atoms with Crippen LogP contribution in [0, 0.1) is 12.7 Å². The molecule has 4 rings (SSSR count). The summed E-state index contributed by atoms with van der Waals surface area (Å²) in [7, 11) is 1.46. The summed E-state index contributed by atoms with van der Waals surface area (Å²) >= 11 is 0. The Bertz CT molecular complexity index is 1090. The molecule has 0 radical (unpaired) electrons. The molecule has 34 heavy (non-hydrogen) atoms. The lowest BCUT2D eigenvalue weighted by Gasteiger charge is -2.33. The Morgan fingerprint density at radius 3 is 2.82 bits per heavy atom. The van der Waals surface area contributed by atoms with Crippen molar-refractivity contribution in [3.05, 3.63) is 46.5 Å². The molecule has 3 heterocycles. The first-order valence-corrected chi connectivity index (χ1v) is 11.0. The zero-order valence-electron chi connectivity index (χ0n) is 19.1. The van der Waals surface area contributed by atoms with Gasteiger partial charge in [-0.2, -0.15) is 5.10 Å². The average molecular weight is 480 g/mol. The van der Waals surface area contributed by atoms with E-state index in [1.807, 2.05) is 6.92 Å². The van der Waals surface area contributed by atoms with Gasteiger partial charge in [0, 0.05) is 37.3 Å². The summed E-state index contributed by atoms with van der Waals surface area (Å²) in [6.45, 7) is 3.50. The van der Waals surface area contributed by atoms with Crippen LogP contribution in [0.3, 0.4) is 0 Å². The van der Waals surface area contributed by atoms with Gasteiger partial charge in [0.15, 0.2) is 0 Å². The molecule has 2 aliphatic rings. The second-order valence-corrected chi connectivity index (χ2v) is 8.61. The molecule has 2 N–H and O–H groups in total. The largest absolute Gasteiger partial charge is 0.322 e. The van der Waals surface area contributed by atoms with Crippen molar-refractivity contribution in [2.24, 2.45) is 0 Å². The van der Waals surface area contributed by atoms with E-state index in [9.17, 15) is 22.8 Å². The fourth-order valence-corrected chi connectivity index (χ4v) is 4.26. The molecule has 1 unspecified atom stereocenters. The van der Waals surface area contributed by atoms with E-state index in [0.717, 1.165) is 5.06 Å². The zero-order chi connectivity index (χ0) is 24.6. The van der Waals surface area contributed by atoms with E-state index >= 15 is 0 Å². The Balaban J connectivity index is 1.54. The summed E-state index contributed by atoms with van der Waals surface area (Å²) in [5, 5.41) is 11.1. The molecule has 9 nitrogen and oxygen atoms in total. The van der Waals surface area contributed by atoms with Gasteiger partial charge < -0.3 is 15.5 Å². The smallest absolute Gasteiger partial charge is 0.317 e. The lowest BCUT2D eigenvalue weighted by atomic mass is 9.99. The van der Waals surface area contributed by atoms with Gasteiger partial charge in [-0.1, -0.05) is 0 Å². The van der Waals surface area contributed by atoms with Gasteiger partial charge in [-0.15, -0.1) is 0 Å². The van der Waals surface area contributed by atoms with Crippen LogP contribution < -0.4 is 10.6 Å². The predicted octanol–water partition coefficient (Wildman–Crippen LogP) is 2.55. The minimum atomic E-state index is -2.49. The fraction of sp³-hybridized carbons (Fsp3) is 0.500. The molecule has 0 spiro atoms. The quantitative estimate of drug-likeness (QED) is 0.687. The van der Waals surface area contributed by atoms with Gasteiger partial charge >= 0.3 is 6.03 Å². The number of carbonyl (C=O) groups excluding carboxylic acids is 2. The fourth-order valence-electron chi connectivity index (χ4n) is 4.26. The van der Waals surface area contributed by atoms with E-state index in [-0.39, 0.29) is 37.5 Å². The van der Waals surface area contributed by atoms with Crippen LogP contribution in [-0.4, -0.2) is 70.4 Å². The molecule has 2 aliphatic heterocycles. The van der Waals surface area contributed by atoms with E-state index < -0.39 is 25.0 Å². The van der Waals surface area contributed by atoms with E-state index in [1.165, 1.54) is 19.2 Å². The Kier molecular flexibility index (Phi) is 6.80. The predicted molar refractivity (Wildman–Crippen MR) is 117 cm³/mol. The second kappa shape index (κ2) is 9.63. The third kappa shape index (κ3) is 4.87. The molecule has 0 bridgehead atoms. The first kappa shape index (κ1) is 24.0. The normalized spacial score (nSPS) is 20.3. The maximum atomic E-state index is 13.6. The molecule has 0 saturated carbocycles. The number of aromatic nitrogens is 2. The van der Waals surface area contributed by atoms with Crippen LogP contribution in [0.2, 0.25) is 0 Å². The van der Waals surface area contributed by atoms with Gasteiger partial charge in [-0.3, -0.25) is 14.3 Å². The average Bonchev–Trinajstić information content (AvgIpc) is 3.05. The summed E-state index contributed by atoms with van der Waals surface area (Å²) in [5.41, 5.74) is 2.55. The number of benzene rings is 1. The molecule has 0 aliphatic carbocycles. The number of fused-ring (bicyclic) bond motifs is 3. The number of rotatable bonds is 5. The van der Waals surface area contributed by atoms with Crippen molar-refractivity contribution >= 4 is 17.6 Å². The first-order valence-electron chi connectivity index (χ1n) is 11.0. The molecule has 2 atom stereocenters. The molecule has 0 saturated heterocycles. The molecule has 184 valence electrons. The molecule has 1 aromatic heterocycles. The maximum Gasteiger partial charge on any atom is 0.322 e. The minimum absolute atomic E-state index is 0.119. The van der Waals surface area contributed by atoms with Gasteiger partial charge in [0.25, 0.3) is 12.3 Å². The number of halogens is 3. The molecule has 0 fully saturated rings. The third-order valence-electron chi connectivity index (χ3n) is 6.00. The number of amides is 3. The summed E-state index contributed by atoms with van der Waals surface area (Å²) in [6, 6.07) is 3.77. The monoisotopic (exact) mass is 480 g/mol. The van der Waals surface area contributed by atoms with Crippen molar-refractivity contribution in [2.75, 3.05) is 25.5 Å². The molecule has 12 heteroatoms. The van der Waals surface area contributed by atoms with Crippen LogP contribution in [0.1, 0.15) is 34.2 Å². The molecule has 2 aromatic rings. The van der Waals surface area contributed by atoms with Crippen LogP contribution in [0.25, 0.3) is 0 Å². The van der Waals surface area contributed by atoms with Gasteiger partial charge in [0.1, 0.15) is 17.6 Å². The van der Waals surface area contributed by atoms with Crippen molar-refractivity contribution < 1.29 is 27.6 Å². The van der Waals surface area contributed by atoms with Crippen molar-refractivity contribution in [1.29, 1.82) is 0 Å². The number of hydrogen-bond donors (Lipinski definition) is 2. The highest BCUT2D eigenvalue weighted by Crippen LogP contribution is 2.29. The lowest BCUT2D eigenvalue weighted by Crippen LogP contribution is -2.45. The van der Waals surface area contributed by atoms with Crippen LogP contribution in [0.4, 0.5) is 23.7 Å². The summed E-state index contributed by atoms with van der Waals surface area (Å²) < 4.78 is 40.1. The van der Waals surface area contributed by atoms with E-state index in [1.54, 1.807) is 22.6 Å². The second-order valence-electron chi connectivity index (χ2n) is 8.61. The Morgan fingerprint density at radius 2 is 2.12 bits per heavy atom. The Morgan fingerprint density at radius 1 is 1.35 bits per heavy atom. The van der Waals surface area contributed by atoms with E-state index in [4.69, 9.17) is 4.84 Å². The summed E-state index contributed by atoms with van der Waals surface area (Å²) in [5.74, 6) is -0.779. The first-order chi connectivity index (χ1) is 16.1. The summed E-state index contributed by atoms with van der Waals surface area (Å²) in [4.78, 5) is 33.3. The highest BCUT2D eigenvalue weighted by molar-refractivity contribution is 5.94. The lowest BCUT2D eigenvalue weighted by molar-refractivity contribution is -0.146. The minimum Gasteiger partial charge on any atom is -0.317 e. The van der Waals surface area contributed by atoms with Gasteiger partial charge in [-0.25, -0.2) is 23.0 Å². The maximum absolute atomic E-state index is 13.6. The standard InChI is InChI=1S/C22H27F3N6O3/c1-12-6-14(4-5-17(12)23)27-22(33)30-11-16-18(7-13(30)2)28-31-10-15(8-26-9-19(24)25)34-29(3)21(32)20(16)31/h4-6,13,15,19,26H,7-11H2,1-3H3,(H,27,33)/t13-,15?/m1/s1. The highest BCUT2D eigenvalue weighted by Gasteiger charge is 2.37. The number of carbonyl (C=O) groups is 2. The van der Waals surface area contributed by atoms with Crippen molar-refractivity contribution in [3.63, 3.8) is 0 Å². The van der Waals surface area contributed by atoms with Crippen LogP contribution in [0.5, 0.6) is 0 Å². The number of nitrogens with zero attached hydrogens (tertiary/aromatic N) is 4. The number of hydrogen-bond acceptors (Lipinski definition) is 5. The highest BCUT2D eigenvalue weighted by atomic mass is 19.3. The Hall–Kier alpha value is -3.12. The third-order valence-corrected chi connectivity index (χ3v) is 6.00. The van der Waals surface area contributed by atoms with E-state index in [0.29, 0.717) is 34.6 Å². The number of alkyl halides is 2. The topological polar surface area (TPSA) is 91.7 Å². The number of anilines is 1.